The minimum atomic E-state index is -3.37. The van der Waals surface area contributed by atoms with Gasteiger partial charge in [-0.3, -0.25) is 0 Å². The number of nitrogens with two attached hydrogens (primary N) is 1. The number of piperidine rings is 1. The van der Waals surface area contributed by atoms with Gasteiger partial charge in [-0.25, -0.2) is 8.42 Å². The Morgan fingerprint density at radius 3 is 2.94 bits per heavy atom. The summed E-state index contributed by atoms with van der Waals surface area (Å²) >= 11 is 1.24. The van der Waals surface area contributed by atoms with Gasteiger partial charge in [-0.05, 0) is 30.2 Å². The van der Waals surface area contributed by atoms with Gasteiger partial charge in [0, 0.05) is 6.54 Å². The van der Waals surface area contributed by atoms with Gasteiger partial charge in [0.2, 0.25) is 0 Å². The van der Waals surface area contributed by atoms with E-state index < -0.39 is 10.0 Å². The first-order valence-electron chi connectivity index (χ1n) is 5.34. The number of hydrogen-bond donors (Lipinski definition) is 1. The summed E-state index contributed by atoms with van der Waals surface area (Å²) in [5.74, 6) is 0.225. The van der Waals surface area contributed by atoms with Crippen LogP contribution < -0.4 is 5.73 Å². The maximum atomic E-state index is 12.3. The second-order valence-electron chi connectivity index (χ2n) is 4.16. The molecule has 1 aromatic heterocycles. The lowest BCUT2D eigenvalue weighted by Gasteiger charge is -2.35. The van der Waals surface area contributed by atoms with Crippen molar-refractivity contribution in [1.29, 1.82) is 0 Å². The van der Waals surface area contributed by atoms with E-state index in [1.807, 2.05) is 6.92 Å². The molecular weight excluding hydrogens is 244 g/mol. The molecule has 6 heteroatoms. The van der Waals surface area contributed by atoms with Crippen LogP contribution in [0.2, 0.25) is 0 Å². The standard InChI is InChI=1S/C10H16N2O2S2/c1-8-4-2-6-12(10(8)11)16(13,14)9-5-3-7-15-9/h3,5,7-8,10H,2,4,6,11H2,1H3. The molecule has 2 unspecified atom stereocenters. The van der Waals surface area contributed by atoms with Crippen molar-refractivity contribution in [3.63, 3.8) is 0 Å². The van der Waals surface area contributed by atoms with Crippen molar-refractivity contribution < 1.29 is 8.42 Å². The molecule has 2 atom stereocenters. The zero-order valence-electron chi connectivity index (χ0n) is 9.17. The van der Waals surface area contributed by atoms with Gasteiger partial charge in [0.25, 0.3) is 10.0 Å². The highest BCUT2D eigenvalue weighted by Gasteiger charge is 2.35. The Morgan fingerprint density at radius 1 is 1.56 bits per heavy atom. The first kappa shape index (κ1) is 12.0. The van der Waals surface area contributed by atoms with Crippen LogP contribution in [0.5, 0.6) is 0 Å². The molecule has 0 bridgehead atoms. The van der Waals surface area contributed by atoms with Crippen LogP contribution in [0.3, 0.4) is 0 Å². The Labute approximate surface area is 100 Å². The van der Waals surface area contributed by atoms with Crippen LogP contribution in [-0.2, 0) is 10.0 Å². The third-order valence-corrected chi connectivity index (χ3v) is 6.28. The molecule has 1 aliphatic rings. The molecular formula is C10H16N2O2S2. The summed E-state index contributed by atoms with van der Waals surface area (Å²) in [6, 6.07) is 3.38. The van der Waals surface area contributed by atoms with Crippen molar-refractivity contribution in [3.05, 3.63) is 17.5 Å². The van der Waals surface area contributed by atoms with Crippen molar-refractivity contribution in [2.45, 2.75) is 30.1 Å². The summed E-state index contributed by atoms with van der Waals surface area (Å²) in [4.78, 5) is 0. The largest absolute Gasteiger partial charge is 0.315 e. The Hall–Kier alpha value is -0.430. The molecule has 1 fully saturated rings. The van der Waals surface area contributed by atoms with E-state index in [-0.39, 0.29) is 12.1 Å². The summed E-state index contributed by atoms with van der Waals surface area (Å²) < 4.78 is 26.3. The van der Waals surface area contributed by atoms with Crippen molar-refractivity contribution in [3.8, 4) is 0 Å². The van der Waals surface area contributed by atoms with Gasteiger partial charge >= 0.3 is 0 Å². The molecule has 0 spiro atoms. The molecule has 1 aromatic rings. The van der Waals surface area contributed by atoms with Crippen LogP contribution in [0.15, 0.2) is 21.7 Å². The Morgan fingerprint density at radius 2 is 2.31 bits per heavy atom. The maximum Gasteiger partial charge on any atom is 0.253 e. The van der Waals surface area contributed by atoms with E-state index in [1.54, 1.807) is 17.5 Å². The average molecular weight is 260 g/mol. The quantitative estimate of drug-likeness (QED) is 0.875. The van der Waals surface area contributed by atoms with E-state index in [4.69, 9.17) is 5.73 Å². The molecule has 0 amide bonds. The van der Waals surface area contributed by atoms with Crippen molar-refractivity contribution >= 4 is 21.4 Å². The molecule has 0 saturated carbocycles. The van der Waals surface area contributed by atoms with Gasteiger partial charge in [0.1, 0.15) is 4.21 Å². The Kier molecular flexibility index (Phi) is 3.34. The third-order valence-electron chi connectivity index (χ3n) is 3.01. The molecule has 16 heavy (non-hydrogen) atoms. The predicted molar refractivity (Wildman–Crippen MR) is 64.6 cm³/mol. The number of sulfonamides is 1. The Balaban J connectivity index is 2.30. The highest BCUT2D eigenvalue weighted by molar-refractivity contribution is 7.91. The fraction of sp³-hybridized carbons (Fsp3) is 0.600. The van der Waals surface area contributed by atoms with Crippen LogP contribution in [0.4, 0.5) is 0 Å². The minimum Gasteiger partial charge on any atom is -0.315 e. The van der Waals surface area contributed by atoms with Gasteiger partial charge in [-0.1, -0.05) is 13.0 Å². The van der Waals surface area contributed by atoms with E-state index in [9.17, 15) is 8.42 Å². The highest BCUT2D eigenvalue weighted by atomic mass is 32.2. The molecule has 0 aromatic carbocycles. The number of hydrogen-bond acceptors (Lipinski definition) is 4. The third kappa shape index (κ3) is 2.02. The van der Waals surface area contributed by atoms with Crippen LogP contribution in [0.25, 0.3) is 0 Å². The summed E-state index contributed by atoms with van der Waals surface area (Å²) in [6.07, 6.45) is 1.50. The maximum absolute atomic E-state index is 12.3. The first-order chi connectivity index (χ1) is 7.53. The SMILES string of the molecule is CC1CCCN(S(=O)(=O)c2cccs2)C1N. The highest BCUT2D eigenvalue weighted by Crippen LogP contribution is 2.28. The van der Waals surface area contributed by atoms with E-state index in [1.165, 1.54) is 15.6 Å². The molecule has 0 aliphatic carbocycles. The number of thiophene rings is 1. The average Bonchev–Trinajstić information content (AvgIpc) is 2.75. The van der Waals surface area contributed by atoms with E-state index in [2.05, 4.69) is 0 Å². The Bertz CT molecular complexity index is 441. The van der Waals surface area contributed by atoms with Crippen molar-refractivity contribution in [2.75, 3.05) is 6.54 Å². The number of nitrogens with zero attached hydrogens (tertiary/aromatic N) is 1. The molecule has 1 aliphatic heterocycles. The summed E-state index contributed by atoms with van der Waals surface area (Å²) in [5, 5.41) is 1.77. The lowest BCUT2D eigenvalue weighted by atomic mass is 9.99. The monoisotopic (exact) mass is 260 g/mol. The van der Waals surface area contributed by atoms with Crippen molar-refractivity contribution in [1.82, 2.24) is 4.31 Å². The van der Waals surface area contributed by atoms with E-state index >= 15 is 0 Å². The van der Waals surface area contributed by atoms with Crippen LogP contribution in [0, 0.1) is 5.92 Å². The van der Waals surface area contributed by atoms with Gasteiger partial charge < -0.3 is 5.73 Å². The van der Waals surface area contributed by atoms with Crippen molar-refractivity contribution in [2.24, 2.45) is 11.7 Å². The summed E-state index contributed by atoms with van der Waals surface area (Å²) in [5.41, 5.74) is 5.97. The molecule has 90 valence electrons. The lowest BCUT2D eigenvalue weighted by molar-refractivity contribution is 0.192. The summed E-state index contributed by atoms with van der Waals surface area (Å²) in [7, 11) is -3.37. The molecule has 4 nitrogen and oxygen atoms in total. The normalized spacial score (nSPS) is 28.1. The zero-order chi connectivity index (χ0) is 11.8. The second-order valence-corrected chi connectivity index (χ2v) is 7.22. The fourth-order valence-electron chi connectivity index (χ4n) is 1.98. The smallest absolute Gasteiger partial charge is 0.253 e. The van der Waals surface area contributed by atoms with Crippen LogP contribution >= 0.6 is 11.3 Å². The second kappa shape index (κ2) is 4.44. The number of rotatable bonds is 2. The zero-order valence-corrected chi connectivity index (χ0v) is 10.8. The van der Waals surface area contributed by atoms with Gasteiger partial charge in [-0.2, -0.15) is 4.31 Å². The minimum absolute atomic E-state index is 0.225. The van der Waals surface area contributed by atoms with E-state index in [0.717, 1.165) is 12.8 Å². The van der Waals surface area contributed by atoms with Gasteiger partial charge in [0.15, 0.2) is 0 Å². The lowest BCUT2D eigenvalue weighted by Crippen LogP contribution is -2.52. The van der Waals surface area contributed by atoms with Gasteiger partial charge in [-0.15, -0.1) is 11.3 Å². The molecule has 2 heterocycles. The van der Waals surface area contributed by atoms with Crippen LogP contribution in [-0.4, -0.2) is 25.4 Å². The molecule has 2 N–H and O–H groups in total. The topological polar surface area (TPSA) is 63.4 Å². The van der Waals surface area contributed by atoms with Gasteiger partial charge in [0.05, 0.1) is 6.17 Å². The van der Waals surface area contributed by atoms with E-state index in [0.29, 0.717) is 10.8 Å². The van der Waals surface area contributed by atoms with Crippen LogP contribution in [0.1, 0.15) is 19.8 Å². The predicted octanol–water partition coefficient (Wildman–Crippen LogP) is 1.45. The molecule has 2 rings (SSSR count). The summed E-state index contributed by atoms with van der Waals surface area (Å²) in [6.45, 7) is 2.53. The fourth-order valence-corrected chi connectivity index (χ4v) is 4.75. The molecule has 0 radical (unpaired) electrons. The first-order valence-corrected chi connectivity index (χ1v) is 7.66. The molecule has 1 saturated heterocycles.